The van der Waals surface area contributed by atoms with E-state index in [-0.39, 0.29) is 11.7 Å². The van der Waals surface area contributed by atoms with Gasteiger partial charge >= 0.3 is 6.09 Å². The van der Waals surface area contributed by atoms with Crippen LogP contribution in [0.2, 0.25) is 0 Å². The summed E-state index contributed by atoms with van der Waals surface area (Å²) in [5, 5.41) is 0. The molecule has 1 spiro atoms. The summed E-state index contributed by atoms with van der Waals surface area (Å²) in [7, 11) is 1.80. The lowest BCUT2D eigenvalue weighted by molar-refractivity contribution is 0.0627. The summed E-state index contributed by atoms with van der Waals surface area (Å²) in [5.74, 6) is 0. The Morgan fingerprint density at radius 1 is 1.21 bits per heavy atom. The molecule has 2 saturated heterocycles. The fourth-order valence-electron chi connectivity index (χ4n) is 3.69. The lowest BCUT2D eigenvalue weighted by Crippen LogP contribution is -2.37. The predicted octanol–water partition coefficient (Wildman–Crippen LogP) is 2.78. The van der Waals surface area contributed by atoms with E-state index in [1.54, 1.807) is 11.9 Å². The lowest BCUT2D eigenvalue weighted by atomic mass is 10.0. The summed E-state index contributed by atoms with van der Waals surface area (Å²) < 4.78 is 5.62. The maximum Gasteiger partial charge on any atom is 0.410 e. The number of nitrogens with zero attached hydrogens (tertiary/aromatic N) is 3. The molecule has 2 aliphatic heterocycles. The van der Waals surface area contributed by atoms with Gasteiger partial charge in [0.15, 0.2) is 0 Å². The van der Waals surface area contributed by atoms with Crippen LogP contribution in [0.4, 0.5) is 4.79 Å². The number of rotatable bonds is 3. The molecule has 1 aromatic carbocycles. The molecule has 3 heterocycles. The van der Waals surface area contributed by atoms with E-state index < -0.39 is 0 Å². The van der Waals surface area contributed by atoms with Crippen LogP contribution in [0.3, 0.4) is 0 Å². The SMILES string of the molecule is CN1C[C@]2(CCN(Cc3cccc(-c4ccccn4)c3)C2)OC1=O. The van der Waals surface area contributed by atoms with Crippen molar-refractivity contribution in [3.8, 4) is 11.3 Å². The first-order chi connectivity index (χ1) is 11.6. The number of benzene rings is 1. The van der Waals surface area contributed by atoms with Gasteiger partial charge in [0.05, 0.1) is 12.2 Å². The van der Waals surface area contributed by atoms with Gasteiger partial charge in [-0.05, 0) is 23.8 Å². The third kappa shape index (κ3) is 2.87. The van der Waals surface area contributed by atoms with Crippen LogP contribution < -0.4 is 0 Å². The van der Waals surface area contributed by atoms with Gasteiger partial charge in [-0.15, -0.1) is 0 Å². The zero-order valence-corrected chi connectivity index (χ0v) is 13.8. The number of likely N-dealkylation sites (N-methyl/N-ethyl adjacent to an activating group) is 1. The second-order valence-corrected chi connectivity index (χ2v) is 6.78. The van der Waals surface area contributed by atoms with Crippen LogP contribution in [0.25, 0.3) is 11.3 Å². The zero-order chi connectivity index (χ0) is 16.6. The Bertz CT molecular complexity index is 749. The smallest absolute Gasteiger partial charge is 0.410 e. The van der Waals surface area contributed by atoms with Crippen molar-refractivity contribution in [2.24, 2.45) is 0 Å². The molecule has 1 aromatic heterocycles. The number of amides is 1. The summed E-state index contributed by atoms with van der Waals surface area (Å²) in [6.07, 6.45) is 2.52. The molecule has 0 N–H and O–H groups in total. The molecule has 2 fully saturated rings. The zero-order valence-electron chi connectivity index (χ0n) is 13.8. The Kier molecular flexibility index (Phi) is 3.73. The second-order valence-electron chi connectivity index (χ2n) is 6.78. The van der Waals surface area contributed by atoms with E-state index in [1.807, 2.05) is 24.4 Å². The standard InChI is InChI=1S/C19H21N3O2/c1-21-13-19(24-18(21)23)8-10-22(14-19)12-15-5-4-6-16(11-15)17-7-2-3-9-20-17/h2-7,9,11H,8,10,12-14H2,1H3/t19-/m0/s1. The second kappa shape index (κ2) is 5.91. The molecule has 0 radical (unpaired) electrons. The summed E-state index contributed by atoms with van der Waals surface area (Å²) in [6.45, 7) is 3.31. The molecule has 5 heteroatoms. The van der Waals surface area contributed by atoms with Gasteiger partial charge in [0.2, 0.25) is 0 Å². The number of hydrogen-bond donors (Lipinski definition) is 0. The molecule has 2 aromatic rings. The van der Waals surface area contributed by atoms with Gasteiger partial charge in [0, 0.05) is 44.9 Å². The van der Waals surface area contributed by atoms with Crippen LogP contribution in [-0.4, -0.2) is 53.2 Å². The van der Waals surface area contributed by atoms with E-state index in [1.165, 1.54) is 5.56 Å². The lowest BCUT2D eigenvalue weighted by Gasteiger charge is -2.22. The number of carbonyl (C=O) groups excluding carboxylic acids is 1. The Hall–Kier alpha value is -2.40. The van der Waals surface area contributed by atoms with Gasteiger partial charge in [-0.1, -0.05) is 24.3 Å². The minimum atomic E-state index is -0.315. The fraction of sp³-hybridized carbons (Fsp3) is 0.368. The van der Waals surface area contributed by atoms with Crippen molar-refractivity contribution in [2.75, 3.05) is 26.7 Å². The first kappa shape index (κ1) is 15.1. The Morgan fingerprint density at radius 2 is 2.12 bits per heavy atom. The van der Waals surface area contributed by atoms with Crippen LogP contribution in [0.1, 0.15) is 12.0 Å². The molecule has 5 nitrogen and oxygen atoms in total. The maximum absolute atomic E-state index is 11.7. The first-order valence-corrected chi connectivity index (χ1v) is 8.30. The number of likely N-dealkylation sites (tertiary alicyclic amines) is 1. The minimum Gasteiger partial charge on any atom is -0.439 e. The summed E-state index contributed by atoms with van der Waals surface area (Å²) in [5.41, 5.74) is 3.07. The molecular weight excluding hydrogens is 302 g/mol. The Morgan fingerprint density at radius 3 is 2.88 bits per heavy atom. The molecule has 1 atom stereocenters. The average Bonchev–Trinajstić information content (AvgIpc) is 3.10. The summed E-state index contributed by atoms with van der Waals surface area (Å²) >= 11 is 0. The van der Waals surface area contributed by atoms with Gasteiger partial charge < -0.3 is 9.64 Å². The van der Waals surface area contributed by atoms with Gasteiger partial charge in [0.25, 0.3) is 0 Å². The molecule has 2 aliphatic rings. The first-order valence-electron chi connectivity index (χ1n) is 8.30. The molecule has 4 rings (SSSR count). The van der Waals surface area contributed by atoms with E-state index in [0.29, 0.717) is 6.54 Å². The molecule has 0 unspecified atom stereocenters. The number of hydrogen-bond acceptors (Lipinski definition) is 4. The van der Waals surface area contributed by atoms with Gasteiger partial charge in [-0.3, -0.25) is 9.88 Å². The van der Waals surface area contributed by atoms with Gasteiger partial charge in [-0.2, -0.15) is 0 Å². The molecule has 124 valence electrons. The molecule has 24 heavy (non-hydrogen) atoms. The maximum atomic E-state index is 11.7. The monoisotopic (exact) mass is 323 g/mol. The van der Waals surface area contributed by atoms with E-state index in [2.05, 4.69) is 34.1 Å². The quantitative estimate of drug-likeness (QED) is 0.871. The highest BCUT2D eigenvalue weighted by Crippen LogP contribution is 2.32. The minimum absolute atomic E-state index is 0.200. The molecule has 0 saturated carbocycles. The van der Waals surface area contributed by atoms with Crippen molar-refractivity contribution in [1.82, 2.24) is 14.8 Å². The topological polar surface area (TPSA) is 45.7 Å². The van der Waals surface area contributed by atoms with E-state index in [9.17, 15) is 4.79 Å². The van der Waals surface area contributed by atoms with Crippen LogP contribution >= 0.6 is 0 Å². The third-order valence-corrected chi connectivity index (χ3v) is 4.83. The van der Waals surface area contributed by atoms with Crippen molar-refractivity contribution >= 4 is 6.09 Å². The largest absolute Gasteiger partial charge is 0.439 e. The average molecular weight is 323 g/mol. The highest BCUT2D eigenvalue weighted by molar-refractivity contribution is 5.70. The Labute approximate surface area is 141 Å². The van der Waals surface area contributed by atoms with Gasteiger partial charge in [0.1, 0.15) is 5.60 Å². The Balaban J connectivity index is 1.46. The third-order valence-electron chi connectivity index (χ3n) is 4.83. The van der Waals surface area contributed by atoms with Crippen molar-refractivity contribution < 1.29 is 9.53 Å². The summed E-state index contributed by atoms with van der Waals surface area (Å²) in [4.78, 5) is 20.1. The fourth-order valence-corrected chi connectivity index (χ4v) is 3.69. The van der Waals surface area contributed by atoms with Crippen molar-refractivity contribution in [1.29, 1.82) is 0 Å². The van der Waals surface area contributed by atoms with Crippen molar-refractivity contribution in [3.63, 3.8) is 0 Å². The van der Waals surface area contributed by atoms with E-state index in [4.69, 9.17) is 4.74 Å². The van der Waals surface area contributed by atoms with E-state index >= 15 is 0 Å². The molecule has 1 amide bonds. The molecule has 0 bridgehead atoms. The van der Waals surface area contributed by atoms with Crippen molar-refractivity contribution in [3.05, 3.63) is 54.2 Å². The highest BCUT2D eigenvalue weighted by Gasteiger charge is 2.48. The number of aromatic nitrogens is 1. The van der Waals surface area contributed by atoms with Crippen LogP contribution in [-0.2, 0) is 11.3 Å². The van der Waals surface area contributed by atoms with Gasteiger partial charge in [-0.25, -0.2) is 4.79 Å². The highest BCUT2D eigenvalue weighted by atomic mass is 16.6. The number of pyridine rings is 1. The molecular formula is C19H21N3O2. The summed E-state index contributed by atoms with van der Waals surface area (Å²) in [6, 6.07) is 14.5. The van der Waals surface area contributed by atoms with Crippen LogP contribution in [0.5, 0.6) is 0 Å². The van der Waals surface area contributed by atoms with Crippen LogP contribution in [0, 0.1) is 0 Å². The molecule has 0 aliphatic carbocycles. The van der Waals surface area contributed by atoms with E-state index in [0.717, 1.165) is 37.3 Å². The number of ether oxygens (including phenoxy) is 1. The normalized spacial score (nSPS) is 23.9. The predicted molar refractivity (Wildman–Crippen MR) is 91.4 cm³/mol. The van der Waals surface area contributed by atoms with Crippen molar-refractivity contribution in [2.45, 2.75) is 18.6 Å². The van der Waals surface area contributed by atoms with Crippen LogP contribution in [0.15, 0.2) is 48.7 Å². The number of carbonyl (C=O) groups is 1.